The molecule has 9 aromatic carbocycles. The summed E-state index contributed by atoms with van der Waals surface area (Å²) >= 11 is 0. The van der Waals surface area contributed by atoms with Gasteiger partial charge >= 0.3 is 0 Å². The Morgan fingerprint density at radius 2 is 0.810 bits per heavy atom. The van der Waals surface area contributed by atoms with E-state index in [0.29, 0.717) is 0 Å². The minimum atomic E-state index is 0.120. The molecule has 0 saturated carbocycles. The first-order valence-corrected chi connectivity index (χ1v) is 22.0. The summed E-state index contributed by atoms with van der Waals surface area (Å²) in [5, 5.41) is 2.50. The summed E-state index contributed by atoms with van der Waals surface area (Å²) in [4.78, 5) is 0. The van der Waals surface area contributed by atoms with Crippen LogP contribution in [0, 0.1) is 0 Å². The lowest BCUT2D eigenvalue weighted by molar-refractivity contribution is 1.28. The molecule has 1 nitrogen and oxygen atoms in total. The van der Waals surface area contributed by atoms with Gasteiger partial charge in [0.15, 0.2) is 0 Å². The van der Waals surface area contributed by atoms with Crippen molar-refractivity contribution >= 4 is 39.7 Å². The van der Waals surface area contributed by atoms with Crippen LogP contribution in [-0.2, 0) is 0 Å². The normalized spacial score (nSPS) is 13.9. The Balaban J connectivity index is 1.18. The van der Waals surface area contributed by atoms with E-state index in [1.165, 1.54) is 105 Å². The van der Waals surface area contributed by atoms with Crippen LogP contribution in [-0.4, -0.2) is 11.3 Å². The van der Waals surface area contributed by atoms with E-state index in [1.54, 1.807) is 0 Å². The van der Waals surface area contributed by atoms with E-state index >= 15 is 0 Å². The summed E-state index contributed by atoms with van der Waals surface area (Å²) in [5.74, 6) is 0. The van der Waals surface area contributed by atoms with Gasteiger partial charge in [0.2, 0.25) is 0 Å². The van der Waals surface area contributed by atoms with Gasteiger partial charge in [-0.05, 0) is 126 Å². The lowest BCUT2D eigenvalue weighted by Crippen LogP contribution is -2.41. The fraction of sp³-hybridized carbons (Fsp3) is 0.0164. The summed E-state index contributed by atoms with van der Waals surface area (Å²) in [6, 6.07) is 76.0. The van der Waals surface area contributed by atoms with Gasteiger partial charge in [0.05, 0.1) is 0 Å². The van der Waals surface area contributed by atoms with Crippen molar-refractivity contribution in [3.8, 4) is 77.9 Å². The zero-order chi connectivity index (χ0) is 41.9. The number of allylic oxidation sites excluding steroid dienone is 5. The monoisotopic (exact) mass is 799 g/mol. The molecule has 0 aliphatic carbocycles. The molecule has 0 fully saturated rings. The third kappa shape index (κ3) is 6.26. The summed E-state index contributed by atoms with van der Waals surface area (Å²) < 4.78 is 2.66. The molecule has 3 heterocycles. The number of benzene rings is 9. The molecular weight excluding hydrogens is 757 g/mol. The molecule has 2 heteroatoms. The van der Waals surface area contributed by atoms with Crippen molar-refractivity contribution in [2.24, 2.45) is 0 Å². The third-order valence-corrected chi connectivity index (χ3v) is 13.2. The lowest BCUT2D eigenvalue weighted by atomic mass is 9.49. The predicted octanol–water partition coefficient (Wildman–Crippen LogP) is 15.7. The van der Waals surface area contributed by atoms with Crippen molar-refractivity contribution in [1.82, 2.24) is 4.48 Å². The molecule has 10 aromatic rings. The molecule has 0 unspecified atom stereocenters. The van der Waals surface area contributed by atoms with Crippen molar-refractivity contribution in [3.05, 3.63) is 243 Å². The minimum Gasteiger partial charge on any atom is -0.379 e. The molecule has 0 N–H and O–H groups in total. The number of fused-ring (bicyclic) bond motifs is 4. The molecule has 1 aromatic heterocycles. The van der Waals surface area contributed by atoms with Crippen molar-refractivity contribution in [2.75, 3.05) is 0 Å². The third-order valence-electron chi connectivity index (χ3n) is 13.2. The zero-order valence-electron chi connectivity index (χ0n) is 34.9. The minimum absolute atomic E-state index is 0.120. The van der Waals surface area contributed by atoms with Gasteiger partial charge in [-0.1, -0.05) is 201 Å². The second-order valence-corrected chi connectivity index (χ2v) is 16.8. The van der Waals surface area contributed by atoms with Crippen LogP contribution < -0.4 is 5.46 Å². The Bertz CT molecular complexity index is 3470. The van der Waals surface area contributed by atoms with Crippen LogP contribution in [0.3, 0.4) is 0 Å². The average molecular weight is 800 g/mol. The highest BCUT2D eigenvalue weighted by Crippen LogP contribution is 2.48. The lowest BCUT2D eigenvalue weighted by Gasteiger charge is -2.28. The van der Waals surface area contributed by atoms with Crippen LogP contribution in [0.2, 0.25) is 6.32 Å². The van der Waals surface area contributed by atoms with E-state index < -0.39 is 0 Å². The van der Waals surface area contributed by atoms with Crippen molar-refractivity contribution in [1.29, 1.82) is 0 Å². The number of nitrogens with zero attached hydrogens (tertiary/aromatic N) is 1. The molecule has 294 valence electrons. The smallest absolute Gasteiger partial charge is 0.298 e. The van der Waals surface area contributed by atoms with Crippen LogP contribution in [0.5, 0.6) is 0 Å². The largest absolute Gasteiger partial charge is 0.379 e. The number of hydrogen-bond acceptors (Lipinski definition) is 0. The standard InChI is InChI=1S/C61H42BN/c1-41-19-7-6-18-34-62-59-29-17-16-28-52(59)56-38-49(51-33-31-47(43-22-10-3-11-23-43)36-55(51)45-26-14-5-15-27-45)40-58-57-39-48(37-53(41)60(57)63(62)61(56)58)50-32-30-46(42-20-8-2-9-21-42)35-54(50)44-24-12-4-13-25-44/h2-33,35-40H,1,34H2/b18-6-,19-7-. The Kier molecular flexibility index (Phi) is 8.90. The van der Waals surface area contributed by atoms with Gasteiger partial charge in [-0.15, -0.1) is 0 Å². The second-order valence-electron chi connectivity index (χ2n) is 16.8. The highest BCUT2D eigenvalue weighted by Gasteiger charge is 2.34. The van der Waals surface area contributed by atoms with Gasteiger partial charge < -0.3 is 4.48 Å². The van der Waals surface area contributed by atoms with Crippen molar-refractivity contribution in [3.63, 3.8) is 0 Å². The number of rotatable bonds is 6. The predicted molar refractivity (Wildman–Crippen MR) is 270 cm³/mol. The van der Waals surface area contributed by atoms with E-state index in [2.05, 4.69) is 235 Å². The maximum absolute atomic E-state index is 4.77. The maximum Gasteiger partial charge on any atom is 0.298 e. The Morgan fingerprint density at radius 3 is 1.37 bits per heavy atom. The van der Waals surface area contributed by atoms with E-state index in [4.69, 9.17) is 6.58 Å². The van der Waals surface area contributed by atoms with Crippen LogP contribution in [0.15, 0.2) is 237 Å². The van der Waals surface area contributed by atoms with Crippen LogP contribution >= 0.6 is 0 Å². The zero-order valence-corrected chi connectivity index (χ0v) is 34.9. The van der Waals surface area contributed by atoms with E-state index in [0.717, 1.165) is 17.5 Å². The van der Waals surface area contributed by atoms with Gasteiger partial charge in [0, 0.05) is 32.9 Å². The molecule has 0 radical (unpaired) electrons. The highest BCUT2D eigenvalue weighted by atomic mass is 14.9. The van der Waals surface area contributed by atoms with E-state index in [1.807, 2.05) is 0 Å². The topological polar surface area (TPSA) is 4.93 Å². The quantitative estimate of drug-likeness (QED) is 0.148. The maximum atomic E-state index is 4.77. The molecule has 63 heavy (non-hydrogen) atoms. The summed E-state index contributed by atoms with van der Waals surface area (Å²) in [7, 11) is 0. The van der Waals surface area contributed by atoms with Crippen LogP contribution in [0.25, 0.3) is 105 Å². The summed E-state index contributed by atoms with van der Waals surface area (Å²) in [6.07, 6.45) is 9.74. The van der Waals surface area contributed by atoms with Gasteiger partial charge in [-0.3, -0.25) is 0 Å². The van der Waals surface area contributed by atoms with Gasteiger partial charge in [0.1, 0.15) is 0 Å². The first-order valence-electron chi connectivity index (χ1n) is 22.0. The Hall–Kier alpha value is -7.94. The first kappa shape index (κ1) is 36.9. The van der Waals surface area contributed by atoms with Crippen LogP contribution in [0.1, 0.15) is 5.56 Å². The molecule has 0 bridgehead atoms. The Morgan fingerprint density at radius 1 is 0.349 bits per heavy atom. The van der Waals surface area contributed by atoms with Gasteiger partial charge in [0.25, 0.3) is 6.85 Å². The van der Waals surface area contributed by atoms with E-state index in [9.17, 15) is 0 Å². The number of aromatic nitrogens is 1. The van der Waals surface area contributed by atoms with Crippen LogP contribution in [0.4, 0.5) is 0 Å². The molecule has 12 rings (SSSR count). The van der Waals surface area contributed by atoms with E-state index in [-0.39, 0.29) is 6.85 Å². The second kappa shape index (κ2) is 15.2. The Labute approximate surface area is 369 Å². The molecule has 2 aliphatic heterocycles. The molecule has 0 atom stereocenters. The van der Waals surface area contributed by atoms with Gasteiger partial charge in [-0.2, -0.15) is 0 Å². The molecule has 0 spiro atoms. The summed E-state index contributed by atoms with van der Waals surface area (Å²) in [6.45, 7) is 4.89. The molecular formula is C61H42BN. The van der Waals surface area contributed by atoms with Gasteiger partial charge in [-0.25, -0.2) is 0 Å². The highest BCUT2D eigenvalue weighted by molar-refractivity contribution is 6.76. The molecule has 0 amide bonds. The SMILES string of the molecule is C=C1/C=C\C=C/CB2c3ccccc3-c3cc(-c4ccc(-c5ccccc5)cc4-c4ccccc4)cc4c5cc(-c6ccc(-c7ccccc7)cc6-c6ccccc6)cc1c5n2c34. The van der Waals surface area contributed by atoms with Crippen molar-refractivity contribution < 1.29 is 0 Å². The average Bonchev–Trinajstić information content (AvgIpc) is 3.69. The fourth-order valence-corrected chi connectivity index (χ4v) is 10.3. The number of hydrogen-bond donors (Lipinski definition) is 0. The van der Waals surface area contributed by atoms with Crippen molar-refractivity contribution in [2.45, 2.75) is 6.32 Å². The molecule has 2 aliphatic rings. The first-order chi connectivity index (χ1) is 31.2. The summed E-state index contributed by atoms with van der Waals surface area (Å²) in [5.41, 5.74) is 23.0. The fourth-order valence-electron chi connectivity index (χ4n) is 10.3. The molecule has 0 saturated heterocycles.